The van der Waals surface area contributed by atoms with Crippen LogP contribution in [0.15, 0.2) is 0 Å². The van der Waals surface area contributed by atoms with Gasteiger partial charge in [-0.15, -0.1) is 0 Å². The van der Waals surface area contributed by atoms with Gasteiger partial charge in [0.05, 0.1) is 0 Å². The summed E-state index contributed by atoms with van der Waals surface area (Å²) in [5.41, 5.74) is -1.59. The highest BCUT2D eigenvalue weighted by Crippen LogP contribution is 2.20. The molecule has 1 atom stereocenters. The SMILES string of the molecule is CC1(C(=O)O)OCCCC1=O. The Morgan fingerprint density at radius 2 is 2.36 bits per heavy atom. The van der Waals surface area contributed by atoms with Crippen LogP contribution in [0.1, 0.15) is 19.8 Å². The standard InChI is InChI=1S/C7H10O4/c1-7(6(9)10)5(8)3-2-4-11-7/h2-4H2,1H3,(H,9,10). The predicted octanol–water partition coefficient (Wildman–Crippen LogP) is 0.209. The summed E-state index contributed by atoms with van der Waals surface area (Å²) in [6, 6.07) is 0. The molecule has 1 aliphatic heterocycles. The minimum atomic E-state index is -1.59. The maximum Gasteiger partial charge on any atom is 0.343 e. The van der Waals surface area contributed by atoms with E-state index in [1.165, 1.54) is 6.92 Å². The van der Waals surface area contributed by atoms with Gasteiger partial charge in [-0.05, 0) is 13.3 Å². The highest BCUT2D eigenvalue weighted by atomic mass is 16.5. The minimum absolute atomic E-state index is 0.308. The molecule has 0 aromatic heterocycles. The second-order valence-corrected chi connectivity index (χ2v) is 2.71. The lowest BCUT2D eigenvalue weighted by molar-refractivity contribution is -0.174. The third-order valence-corrected chi connectivity index (χ3v) is 1.88. The molecule has 0 aliphatic carbocycles. The van der Waals surface area contributed by atoms with E-state index in [1.54, 1.807) is 0 Å². The summed E-state index contributed by atoms with van der Waals surface area (Å²) in [6.07, 6.45) is 0.935. The summed E-state index contributed by atoms with van der Waals surface area (Å²) in [7, 11) is 0. The zero-order chi connectivity index (χ0) is 8.48. The van der Waals surface area contributed by atoms with Crippen LogP contribution in [0.5, 0.6) is 0 Å². The number of aliphatic carboxylic acids is 1. The average Bonchev–Trinajstić information content (AvgIpc) is 1.95. The fourth-order valence-corrected chi connectivity index (χ4v) is 1.01. The fourth-order valence-electron chi connectivity index (χ4n) is 1.01. The van der Waals surface area contributed by atoms with E-state index in [9.17, 15) is 9.59 Å². The Hall–Kier alpha value is -0.900. The Labute approximate surface area is 64.2 Å². The van der Waals surface area contributed by atoms with Gasteiger partial charge >= 0.3 is 5.97 Å². The van der Waals surface area contributed by atoms with Gasteiger partial charge < -0.3 is 9.84 Å². The van der Waals surface area contributed by atoms with Crippen molar-refractivity contribution in [3.05, 3.63) is 0 Å². The number of hydrogen-bond acceptors (Lipinski definition) is 3. The Morgan fingerprint density at radius 3 is 2.73 bits per heavy atom. The molecule has 0 aromatic carbocycles. The van der Waals surface area contributed by atoms with Gasteiger partial charge in [-0.1, -0.05) is 0 Å². The molecule has 4 heteroatoms. The first-order valence-electron chi connectivity index (χ1n) is 3.48. The van der Waals surface area contributed by atoms with Crippen molar-refractivity contribution >= 4 is 11.8 Å². The first-order chi connectivity index (χ1) is 5.07. The van der Waals surface area contributed by atoms with E-state index in [0.29, 0.717) is 19.4 Å². The molecule has 0 aromatic rings. The molecule has 1 rings (SSSR count). The number of Topliss-reactive ketones (excluding diaryl/α,β-unsaturated/α-hetero) is 1. The highest BCUT2D eigenvalue weighted by Gasteiger charge is 2.43. The lowest BCUT2D eigenvalue weighted by atomic mass is 9.95. The lowest BCUT2D eigenvalue weighted by Crippen LogP contribution is -2.49. The average molecular weight is 158 g/mol. The van der Waals surface area contributed by atoms with Crippen LogP contribution in [-0.4, -0.2) is 29.1 Å². The van der Waals surface area contributed by atoms with Crippen molar-refractivity contribution < 1.29 is 19.4 Å². The Morgan fingerprint density at radius 1 is 1.73 bits per heavy atom. The van der Waals surface area contributed by atoms with Gasteiger partial charge in [-0.2, -0.15) is 0 Å². The molecule has 0 amide bonds. The first kappa shape index (κ1) is 8.20. The number of ketones is 1. The molecule has 1 heterocycles. The molecule has 0 spiro atoms. The van der Waals surface area contributed by atoms with Crippen LogP contribution in [0, 0.1) is 0 Å². The Kier molecular flexibility index (Phi) is 1.95. The maximum absolute atomic E-state index is 11.1. The van der Waals surface area contributed by atoms with Crippen LogP contribution in [0.4, 0.5) is 0 Å². The molecule has 4 nitrogen and oxygen atoms in total. The molecule has 0 radical (unpaired) electrons. The molecule has 0 saturated carbocycles. The third kappa shape index (κ3) is 1.26. The quantitative estimate of drug-likeness (QED) is 0.554. The molecule has 1 aliphatic rings. The molecular weight excluding hydrogens is 148 g/mol. The zero-order valence-electron chi connectivity index (χ0n) is 6.29. The summed E-state index contributed by atoms with van der Waals surface area (Å²) in [6.45, 7) is 1.66. The van der Waals surface area contributed by atoms with E-state index in [0.717, 1.165) is 0 Å². The highest BCUT2D eigenvalue weighted by molar-refractivity contribution is 6.06. The number of hydrogen-bond donors (Lipinski definition) is 1. The summed E-state index contributed by atoms with van der Waals surface area (Å²) in [5.74, 6) is -1.53. The summed E-state index contributed by atoms with van der Waals surface area (Å²) < 4.78 is 4.89. The molecule has 1 N–H and O–H groups in total. The summed E-state index contributed by atoms with van der Waals surface area (Å²) in [5, 5.41) is 8.62. The molecular formula is C7H10O4. The monoisotopic (exact) mass is 158 g/mol. The zero-order valence-corrected chi connectivity index (χ0v) is 6.29. The molecule has 0 bridgehead atoms. The number of carboxylic acids is 1. The van der Waals surface area contributed by atoms with E-state index in [-0.39, 0.29) is 5.78 Å². The van der Waals surface area contributed by atoms with Crippen LogP contribution in [0.25, 0.3) is 0 Å². The first-order valence-corrected chi connectivity index (χ1v) is 3.48. The Balaban J connectivity index is 2.81. The van der Waals surface area contributed by atoms with Crippen molar-refractivity contribution in [2.45, 2.75) is 25.4 Å². The molecule has 1 saturated heterocycles. The van der Waals surface area contributed by atoms with Gasteiger partial charge in [0.1, 0.15) is 0 Å². The topological polar surface area (TPSA) is 63.6 Å². The fraction of sp³-hybridized carbons (Fsp3) is 0.714. The van der Waals surface area contributed by atoms with Gasteiger partial charge in [-0.25, -0.2) is 4.79 Å². The van der Waals surface area contributed by atoms with Gasteiger partial charge in [0, 0.05) is 13.0 Å². The molecule has 62 valence electrons. The van der Waals surface area contributed by atoms with Crippen molar-refractivity contribution in [1.82, 2.24) is 0 Å². The lowest BCUT2D eigenvalue weighted by Gasteiger charge is -2.27. The maximum atomic E-state index is 11.1. The molecule has 1 fully saturated rings. The predicted molar refractivity (Wildman–Crippen MR) is 36.2 cm³/mol. The third-order valence-electron chi connectivity index (χ3n) is 1.88. The van der Waals surface area contributed by atoms with Crippen LogP contribution >= 0.6 is 0 Å². The van der Waals surface area contributed by atoms with E-state index >= 15 is 0 Å². The largest absolute Gasteiger partial charge is 0.479 e. The summed E-state index contributed by atoms with van der Waals surface area (Å²) >= 11 is 0. The van der Waals surface area contributed by atoms with Gasteiger partial charge in [0.25, 0.3) is 0 Å². The molecule has 1 unspecified atom stereocenters. The van der Waals surface area contributed by atoms with Crippen molar-refractivity contribution in [3.8, 4) is 0 Å². The van der Waals surface area contributed by atoms with Gasteiger partial charge in [-0.3, -0.25) is 4.79 Å². The second-order valence-electron chi connectivity index (χ2n) is 2.71. The van der Waals surface area contributed by atoms with Crippen LogP contribution in [-0.2, 0) is 14.3 Å². The van der Waals surface area contributed by atoms with Crippen LogP contribution in [0.2, 0.25) is 0 Å². The van der Waals surface area contributed by atoms with E-state index in [4.69, 9.17) is 9.84 Å². The van der Waals surface area contributed by atoms with E-state index < -0.39 is 11.6 Å². The number of carbonyl (C=O) groups excluding carboxylic acids is 1. The van der Waals surface area contributed by atoms with Crippen molar-refractivity contribution in [2.24, 2.45) is 0 Å². The van der Waals surface area contributed by atoms with Gasteiger partial charge in [0.15, 0.2) is 5.78 Å². The van der Waals surface area contributed by atoms with Gasteiger partial charge in [0.2, 0.25) is 5.60 Å². The van der Waals surface area contributed by atoms with Crippen molar-refractivity contribution in [2.75, 3.05) is 6.61 Å². The number of carboxylic acid groups (broad SMARTS) is 1. The van der Waals surface area contributed by atoms with Crippen LogP contribution < -0.4 is 0 Å². The Bertz CT molecular complexity index is 199. The summed E-state index contributed by atoms with van der Waals surface area (Å²) in [4.78, 5) is 21.6. The minimum Gasteiger partial charge on any atom is -0.479 e. The number of carbonyl (C=O) groups is 2. The van der Waals surface area contributed by atoms with E-state index in [1.807, 2.05) is 0 Å². The van der Waals surface area contributed by atoms with Crippen molar-refractivity contribution in [3.63, 3.8) is 0 Å². The molecule has 11 heavy (non-hydrogen) atoms. The normalized spacial score (nSPS) is 31.9. The van der Waals surface area contributed by atoms with E-state index in [2.05, 4.69) is 0 Å². The number of rotatable bonds is 1. The van der Waals surface area contributed by atoms with Crippen molar-refractivity contribution in [1.29, 1.82) is 0 Å². The van der Waals surface area contributed by atoms with Crippen LogP contribution in [0.3, 0.4) is 0 Å². The second kappa shape index (κ2) is 2.62. The number of ether oxygens (including phenoxy) is 1. The smallest absolute Gasteiger partial charge is 0.343 e.